The number of rotatable bonds is 8. The molecule has 1 amide bonds. The number of nitrogens with two attached hydrogens (primary N) is 1. The lowest BCUT2D eigenvalue weighted by Crippen LogP contribution is -2.35. The van der Waals surface area contributed by atoms with Crippen molar-refractivity contribution in [3.05, 3.63) is 64.7 Å². The molecule has 1 aliphatic heterocycles. The number of carbonyl (C=O) groups is 2. The molecule has 0 unspecified atom stereocenters. The van der Waals surface area contributed by atoms with E-state index in [4.69, 9.17) is 15.9 Å². The molecular formula is C23H28N4O3. The number of carbonyl (C=O) groups excluding carboxylic acids is 2. The molecule has 4 N–H and O–H groups in total. The van der Waals surface area contributed by atoms with Crippen molar-refractivity contribution in [2.24, 2.45) is 5.73 Å². The van der Waals surface area contributed by atoms with Gasteiger partial charge in [-0.3, -0.25) is 19.9 Å². The Morgan fingerprint density at radius 2 is 1.87 bits per heavy atom. The summed E-state index contributed by atoms with van der Waals surface area (Å²) in [6.07, 6.45) is 2.71. The SMILES string of the molecule is CCCCOC(=O)CN1CCc2ccc(C(=O)Nc3ccc(C(=N)N)cc3)cc2C1. The van der Waals surface area contributed by atoms with Crippen molar-refractivity contribution in [2.45, 2.75) is 32.7 Å². The van der Waals surface area contributed by atoms with Gasteiger partial charge in [-0.1, -0.05) is 19.4 Å². The fourth-order valence-corrected chi connectivity index (χ4v) is 3.39. The lowest BCUT2D eigenvalue weighted by atomic mass is 9.97. The van der Waals surface area contributed by atoms with Crippen molar-refractivity contribution in [1.82, 2.24) is 4.90 Å². The highest BCUT2D eigenvalue weighted by Gasteiger charge is 2.20. The van der Waals surface area contributed by atoms with E-state index < -0.39 is 0 Å². The Balaban J connectivity index is 1.61. The number of benzene rings is 2. The van der Waals surface area contributed by atoms with Gasteiger partial charge in [-0.15, -0.1) is 0 Å². The van der Waals surface area contributed by atoms with E-state index >= 15 is 0 Å². The first-order valence-corrected chi connectivity index (χ1v) is 10.2. The molecule has 7 heteroatoms. The van der Waals surface area contributed by atoms with Gasteiger partial charge >= 0.3 is 5.97 Å². The summed E-state index contributed by atoms with van der Waals surface area (Å²) in [5, 5.41) is 10.3. The number of amidine groups is 1. The molecule has 30 heavy (non-hydrogen) atoms. The van der Waals surface area contributed by atoms with Crippen LogP contribution in [0, 0.1) is 5.41 Å². The Morgan fingerprint density at radius 3 is 2.57 bits per heavy atom. The maximum absolute atomic E-state index is 12.7. The summed E-state index contributed by atoms with van der Waals surface area (Å²) in [7, 11) is 0. The van der Waals surface area contributed by atoms with Gasteiger partial charge in [0.05, 0.1) is 13.2 Å². The number of nitrogens with zero attached hydrogens (tertiary/aromatic N) is 1. The fraction of sp³-hybridized carbons (Fsp3) is 0.348. The zero-order valence-corrected chi connectivity index (χ0v) is 17.2. The van der Waals surface area contributed by atoms with E-state index in [1.807, 2.05) is 18.2 Å². The number of amides is 1. The van der Waals surface area contributed by atoms with Crippen molar-refractivity contribution in [1.29, 1.82) is 5.41 Å². The van der Waals surface area contributed by atoms with E-state index in [9.17, 15) is 9.59 Å². The lowest BCUT2D eigenvalue weighted by molar-refractivity contribution is -0.145. The Hall–Kier alpha value is -3.19. The summed E-state index contributed by atoms with van der Waals surface area (Å²) in [5.41, 5.74) is 9.53. The Labute approximate surface area is 176 Å². The number of ether oxygens (including phenoxy) is 1. The minimum Gasteiger partial charge on any atom is -0.465 e. The van der Waals surface area contributed by atoms with Crippen LogP contribution in [0.4, 0.5) is 5.69 Å². The maximum Gasteiger partial charge on any atom is 0.320 e. The first kappa shape index (κ1) is 21.5. The molecule has 3 rings (SSSR count). The third-order valence-electron chi connectivity index (χ3n) is 5.13. The smallest absolute Gasteiger partial charge is 0.320 e. The van der Waals surface area contributed by atoms with Gasteiger partial charge in [0.1, 0.15) is 5.84 Å². The Kier molecular flexibility index (Phi) is 7.19. The third kappa shape index (κ3) is 5.67. The molecular weight excluding hydrogens is 380 g/mol. The van der Waals surface area contributed by atoms with E-state index in [0.29, 0.717) is 30.0 Å². The predicted molar refractivity (Wildman–Crippen MR) is 117 cm³/mol. The summed E-state index contributed by atoms with van der Waals surface area (Å²) >= 11 is 0. The lowest BCUT2D eigenvalue weighted by Gasteiger charge is -2.28. The summed E-state index contributed by atoms with van der Waals surface area (Å²) in [6.45, 7) is 4.21. The molecule has 1 aliphatic rings. The normalized spacial score (nSPS) is 13.4. The summed E-state index contributed by atoms with van der Waals surface area (Å²) in [6, 6.07) is 12.5. The molecule has 0 aliphatic carbocycles. The van der Waals surface area contributed by atoms with Crippen molar-refractivity contribution in [2.75, 3.05) is 25.0 Å². The molecule has 0 radical (unpaired) electrons. The highest BCUT2D eigenvalue weighted by Crippen LogP contribution is 2.21. The van der Waals surface area contributed by atoms with Crippen molar-refractivity contribution >= 4 is 23.4 Å². The standard InChI is InChI=1S/C23H28N4O3/c1-2-3-12-30-21(28)15-27-11-10-16-4-5-18(13-19(16)14-27)23(29)26-20-8-6-17(7-9-20)22(24)25/h4-9,13H,2-3,10-12,14-15H2,1H3,(H3,24,25)(H,26,29). The van der Waals surface area contributed by atoms with Crippen molar-refractivity contribution < 1.29 is 14.3 Å². The van der Waals surface area contributed by atoms with E-state index in [-0.39, 0.29) is 24.3 Å². The van der Waals surface area contributed by atoms with Crippen LogP contribution in [-0.4, -0.2) is 42.3 Å². The van der Waals surface area contributed by atoms with Gasteiger partial charge in [0.15, 0.2) is 0 Å². The van der Waals surface area contributed by atoms with Crippen LogP contribution in [-0.2, 0) is 22.5 Å². The number of hydrogen-bond acceptors (Lipinski definition) is 5. The second kappa shape index (κ2) is 10.0. The molecule has 0 saturated carbocycles. The highest BCUT2D eigenvalue weighted by atomic mass is 16.5. The molecule has 0 fully saturated rings. The van der Waals surface area contributed by atoms with Gasteiger partial charge in [-0.25, -0.2) is 0 Å². The monoisotopic (exact) mass is 408 g/mol. The Morgan fingerprint density at radius 1 is 1.13 bits per heavy atom. The number of esters is 1. The first-order valence-electron chi connectivity index (χ1n) is 10.2. The van der Waals surface area contributed by atoms with Gasteiger partial charge in [0.2, 0.25) is 0 Å². The number of anilines is 1. The number of nitrogens with one attached hydrogen (secondary N) is 2. The minimum absolute atomic E-state index is 0.0126. The second-order valence-corrected chi connectivity index (χ2v) is 7.46. The summed E-state index contributed by atoms with van der Waals surface area (Å²) < 4.78 is 5.26. The molecule has 2 aromatic rings. The predicted octanol–water partition coefficient (Wildman–Crippen LogP) is 2.92. The molecule has 1 heterocycles. The van der Waals surface area contributed by atoms with E-state index in [0.717, 1.165) is 31.4 Å². The van der Waals surface area contributed by atoms with E-state index in [1.165, 1.54) is 5.56 Å². The van der Waals surface area contributed by atoms with Crippen LogP contribution in [0.3, 0.4) is 0 Å². The third-order valence-corrected chi connectivity index (χ3v) is 5.13. The van der Waals surface area contributed by atoms with Crippen LogP contribution in [0.15, 0.2) is 42.5 Å². The van der Waals surface area contributed by atoms with Crippen LogP contribution in [0.25, 0.3) is 0 Å². The number of hydrogen-bond donors (Lipinski definition) is 3. The molecule has 7 nitrogen and oxygen atoms in total. The number of nitrogen functional groups attached to an aromatic ring is 1. The van der Waals surface area contributed by atoms with Crippen LogP contribution in [0.5, 0.6) is 0 Å². The van der Waals surface area contributed by atoms with Crippen molar-refractivity contribution in [3.8, 4) is 0 Å². The zero-order chi connectivity index (χ0) is 21.5. The molecule has 0 atom stereocenters. The molecule has 0 spiro atoms. The van der Waals surface area contributed by atoms with Gasteiger partial charge in [-0.2, -0.15) is 0 Å². The molecule has 0 aromatic heterocycles. The van der Waals surface area contributed by atoms with Crippen molar-refractivity contribution in [3.63, 3.8) is 0 Å². The second-order valence-electron chi connectivity index (χ2n) is 7.46. The molecule has 2 aromatic carbocycles. The van der Waals surface area contributed by atoms with Crippen LogP contribution in [0.2, 0.25) is 0 Å². The summed E-state index contributed by atoms with van der Waals surface area (Å²) in [5.74, 6) is -0.416. The van der Waals surface area contributed by atoms with Gasteiger partial charge in [-0.05, 0) is 60.4 Å². The van der Waals surface area contributed by atoms with Crippen LogP contribution < -0.4 is 11.1 Å². The topological polar surface area (TPSA) is 109 Å². The zero-order valence-electron chi connectivity index (χ0n) is 17.2. The quantitative estimate of drug-likeness (QED) is 0.269. The maximum atomic E-state index is 12.7. The van der Waals surface area contributed by atoms with Gasteiger partial charge < -0.3 is 15.8 Å². The van der Waals surface area contributed by atoms with Crippen LogP contribution in [0.1, 0.15) is 46.8 Å². The fourth-order valence-electron chi connectivity index (χ4n) is 3.39. The van der Waals surface area contributed by atoms with E-state index in [1.54, 1.807) is 24.3 Å². The average Bonchev–Trinajstić information content (AvgIpc) is 2.73. The number of fused-ring (bicyclic) bond motifs is 1. The molecule has 158 valence electrons. The number of unbranched alkanes of at least 4 members (excludes halogenated alkanes) is 1. The first-order chi connectivity index (χ1) is 14.5. The van der Waals surface area contributed by atoms with Gasteiger partial charge in [0.25, 0.3) is 5.91 Å². The van der Waals surface area contributed by atoms with E-state index in [2.05, 4.69) is 17.1 Å². The molecule has 0 saturated heterocycles. The average molecular weight is 409 g/mol. The minimum atomic E-state index is -0.204. The largest absolute Gasteiger partial charge is 0.465 e. The molecule has 0 bridgehead atoms. The Bertz CT molecular complexity index is 925. The summed E-state index contributed by atoms with van der Waals surface area (Å²) in [4.78, 5) is 26.7. The highest BCUT2D eigenvalue weighted by molar-refractivity contribution is 6.04. The van der Waals surface area contributed by atoms with Gasteiger partial charge in [0, 0.05) is 29.9 Å². The van der Waals surface area contributed by atoms with Crippen LogP contribution >= 0.6 is 0 Å².